The van der Waals surface area contributed by atoms with Crippen molar-refractivity contribution in [1.29, 1.82) is 0 Å². The van der Waals surface area contributed by atoms with Crippen molar-refractivity contribution in [3.8, 4) is 0 Å². The summed E-state index contributed by atoms with van der Waals surface area (Å²) in [6.07, 6.45) is 17.8. The van der Waals surface area contributed by atoms with E-state index in [0.29, 0.717) is 28.6 Å². The quantitative estimate of drug-likeness (QED) is 0.489. The molecule has 3 saturated carbocycles. The Kier molecular flexibility index (Phi) is 5.86. The van der Waals surface area contributed by atoms with Gasteiger partial charge in [-0.05, 0) is 104 Å². The summed E-state index contributed by atoms with van der Waals surface area (Å²) in [5.41, 5.74) is 2.79. The van der Waals surface area contributed by atoms with Gasteiger partial charge in [0.1, 0.15) is 0 Å². The lowest BCUT2D eigenvalue weighted by atomic mass is 9.47. The minimum absolute atomic E-state index is 0.0476. The topological polar surface area (TPSA) is 20.2 Å². The first-order chi connectivity index (χ1) is 13.7. The van der Waals surface area contributed by atoms with E-state index in [1.165, 1.54) is 38.5 Å². The Morgan fingerprint density at radius 1 is 0.931 bits per heavy atom. The minimum Gasteiger partial charge on any atom is -0.393 e. The van der Waals surface area contributed by atoms with Gasteiger partial charge in [-0.15, -0.1) is 0 Å². The van der Waals surface area contributed by atoms with Crippen LogP contribution in [0.3, 0.4) is 0 Å². The lowest BCUT2D eigenvalue weighted by Crippen LogP contribution is -2.49. The molecular formula is C28H46O. The summed E-state index contributed by atoms with van der Waals surface area (Å²) in [6, 6.07) is 0. The van der Waals surface area contributed by atoms with Crippen LogP contribution in [-0.2, 0) is 0 Å². The van der Waals surface area contributed by atoms with Crippen LogP contribution in [0.2, 0.25) is 0 Å². The molecule has 1 N–H and O–H groups in total. The summed E-state index contributed by atoms with van der Waals surface area (Å²) in [4.78, 5) is 0. The maximum absolute atomic E-state index is 10.2. The summed E-state index contributed by atoms with van der Waals surface area (Å²) in [7, 11) is 0. The van der Waals surface area contributed by atoms with E-state index in [4.69, 9.17) is 0 Å². The maximum atomic E-state index is 10.2. The van der Waals surface area contributed by atoms with Crippen LogP contribution in [0.25, 0.3) is 0 Å². The molecule has 0 radical (unpaired) electrons. The predicted molar refractivity (Wildman–Crippen MR) is 124 cm³/mol. The third-order valence-electron chi connectivity index (χ3n) is 10.5. The second-order valence-electron chi connectivity index (χ2n) is 12.3. The van der Waals surface area contributed by atoms with Gasteiger partial charge in [0.15, 0.2) is 0 Å². The molecule has 0 aromatic rings. The van der Waals surface area contributed by atoms with E-state index in [-0.39, 0.29) is 6.10 Å². The highest BCUT2D eigenvalue weighted by Crippen LogP contribution is 2.66. The van der Waals surface area contributed by atoms with Gasteiger partial charge in [-0.1, -0.05) is 65.3 Å². The van der Waals surface area contributed by atoms with Crippen molar-refractivity contribution >= 4 is 0 Å². The summed E-state index contributed by atoms with van der Waals surface area (Å²) in [5, 5.41) is 10.2. The van der Waals surface area contributed by atoms with Gasteiger partial charge in [0.25, 0.3) is 0 Å². The van der Waals surface area contributed by atoms with E-state index in [9.17, 15) is 5.11 Å². The Hall–Kier alpha value is -0.560. The molecule has 1 nitrogen and oxygen atoms in total. The summed E-state index contributed by atoms with van der Waals surface area (Å²) in [5.74, 6) is 5.25. The molecule has 0 aromatic heterocycles. The highest BCUT2D eigenvalue weighted by atomic mass is 16.3. The number of fused-ring (bicyclic) bond motifs is 5. The molecule has 0 amide bonds. The van der Waals surface area contributed by atoms with E-state index in [0.717, 1.165) is 36.5 Å². The van der Waals surface area contributed by atoms with E-state index < -0.39 is 0 Å². The molecule has 0 aromatic carbocycles. The molecule has 4 aliphatic rings. The molecule has 0 aliphatic heterocycles. The molecule has 3 fully saturated rings. The molecule has 4 aliphatic carbocycles. The van der Waals surface area contributed by atoms with Crippen molar-refractivity contribution in [2.75, 3.05) is 0 Å². The van der Waals surface area contributed by atoms with Crippen LogP contribution in [0.4, 0.5) is 0 Å². The highest BCUT2D eigenvalue weighted by molar-refractivity contribution is 5.28. The largest absolute Gasteiger partial charge is 0.393 e. The van der Waals surface area contributed by atoms with Gasteiger partial charge in [0.05, 0.1) is 6.10 Å². The van der Waals surface area contributed by atoms with Crippen LogP contribution < -0.4 is 0 Å². The first kappa shape index (κ1) is 21.7. The zero-order chi connectivity index (χ0) is 21.0. The summed E-state index contributed by atoms with van der Waals surface area (Å²) < 4.78 is 0. The molecular weight excluding hydrogens is 352 g/mol. The van der Waals surface area contributed by atoms with Crippen LogP contribution in [0, 0.1) is 52.3 Å². The number of aliphatic hydroxyl groups is 1. The lowest BCUT2D eigenvalue weighted by molar-refractivity contribution is -0.0414. The SMILES string of the molecule is CC(C)C(C)/C=C/C(C)[C@H]1CC[C@H]2C3=CC[C@H]4CC(O)CC[C@]4(C)[C@H]3CC[C@]12C. The van der Waals surface area contributed by atoms with Gasteiger partial charge in [-0.2, -0.15) is 0 Å². The third-order valence-corrected chi connectivity index (χ3v) is 10.5. The molecule has 0 heterocycles. The van der Waals surface area contributed by atoms with Crippen LogP contribution in [0.15, 0.2) is 23.8 Å². The fraction of sp³-hybridized carbons (Fsp3) is 0.857. The summed E-state index contributed by atoms with van der Waals surface area (Å²) in [6.45, 7) is 14.7. The normalized spacial score (nSPS) is 46.8. The summed E-state index contributed by atoms with van der Waals surface area (Å²) >= 11 is 0. The predicted octanol–water partition coefficient (Wildman–Crippen LogP) is 7.41. The molecule has 29 heavy (non-hydrogen) atoms. The van der Waals surface area contributed by atoms with Crippen molar-refractivity contribution in [2.45, 2.75) is 99.0 Å². The molecule has 0 bridgehead atoms. The Balaban J connectivity index is 1.54. The Morgan fingerprint density at radius 2 is 1.62 bits per heavy atom. The van der Waals surface area contributed by atoms with Crippen LogP contribution >= 0.6 is 0 Å². The number of rotatable bonds is 4. The first-order valence-corrected chi connectivity index (χ1v) is 12.7. The molecule has 4 rings (SSSR count). The molecule has 1 heteroatoms. The van der Waals surface area contributed by atoms with Gasteiger partial charge in [-0.25, -0.2) is 0 Å². The van der Waals surface area contributed by atoms with Crippen molar-refractivity contribution < 1.29 is 5.11 Å². The van der Waals surface area contributed by atoms with Crippen molar-refractivity contribution in [2.24, 2.45) is 52.3 Å². The van der Waals surface area contributed by atoms with Crippen LogP contribution in [0.5, 0.6) is 0 Å². The van der Waals surface area contributed by atoms with Crippen LogP contribution in [-0.4, -0.2) is 11.2 Å². The second-order valence-corrected chi connectivity index (χ2v) is 12.3. The number of allylic oxidation sites excluding steroid dienone is 4. The fourth-order valence-electron chi connectivity index (χ4n) is 8.10. The van der Waals surface area contributed by atoms with Crippen LogP contribution in [0.1, 0.15) is 92.9 Å². The number of hydrogen-bond acceptors (Lipinski definition) is 1. The van der Waals surface area contributed by atoms with Gasteiger partial charge in [0, 0.05) is 0 Å². The van der Waals surface area contributed by atoms with E-state index >= 15 is 0 Å². The smallest absolute Gasteiger partial charge is 0.0543 e. The van der Waals surface area contributed by atoms with Gasteiger partial charge in [-0.3, -0.25) is 0 Å². The molecule has 0 saturated heterocycles. The maximum Gasteiger partial charge on any atom is 0.0543 e. The molecule has 0 spiro atoms. The Labute approximate surface area is 180 Å². The molecule has 164 valence electrons. The standard InChI is InChI=1S/C28H46O/c1-18(2)19(3)7-8-20(4)24-11-12-25-23-10-9-21-17-22(29)13-15-27(21,5)26(23)14-16-28(24,25)6/h7-8,10,18-22,24-26,29H,9,11-17H2,1-6H3/b8-7+/t19?,20?,21-,22?,24+,25-,26-,27-,28+/m0/s1. The Morgan fingerprint density at radius 3 is 2.34 bits per heavy atom. The van der Waals surface area contributed by atoms with E-state index in [2.05, 4.69) is 59.8 Å². The second kappa shape index (κ2) is 7.85. The average Bonchev–Trinajstić information content (AvgIpc) is 3.03. The zero-order valence-electron chi connectivity index (χ0n) is 20.0. The van der Waals surface area contributed by atoms with E-state index in [1.807, 2.05) is 5.57 Å². The van der Waals surface area contributed by atoms with Gasteiger partial charge < -0.3 is 5.11 Å². The average molecular weight is 399 g/mol. The lowest BCUT2D eigenvalue weighted by Gasteiger charge is -2.57. The Bertz CT molecular complexity index is 659. The fourth-order valence-corrected chi connectivity index (χ4v) is 8.10. The molecule has 9 atom stereocenters. The zero-order valence-corrected chi connectivity index (χ0v) is 20.0. The van der Waals surface area contributed by atoms with E-state index in [1.54, 1.807) is 0 Å². The van der Waals surface area contributed by atoms with Crippen molar-refractivity contribution in [3.05, 3.63) is 23.8 Å². The van der Waals surface area contributed by atoms with Crippen molar-refractivity contribution in [3.63, 3.8) is 0 Å². The van der Waals surface area contributed by atoms with Gasteiger partial charge >= 0.3 is 0 Å². The minimum atomic E-state index is -0.0476. The number of hydrogen-bond donors (Lipinski definition) is 1. The number of aliphatic hydroxyl groups excluding tert-OH is 1. The third kappa shape index (κ3) is 3.58. The van der Waals surface area contributed by atoms with Crippen molar-refractivity contribution in [1.82, 2.24) is 0 Å². The first-order valence-electron chi connectivity index (χ1n) is 12.7. The monoisotopic (exact) mass is 398 g/mol. The van der Waals surface area contributed by atoms with Gasteiger partial charge in [0.2, 0.25) is 0 Å². The molecule has 3 unspecified atom stereocenters. The highest BCUT2D eigenvalue weighted by Gasteiger charge is 2.57.